The van der Waals surface area contributed by atoms with Crippen molar-refractivity contribution in [2.45, 2.75) is 50.8 Å². The number of sulfone groups is 1. The Balaban J connectivity index is 0.00000242. The van der Waals surface area contributed by atoms with E-state index in [0.717, 1.165) is 19.4 Å². The molecular weight excluding hydrogens is 348 g/mol. The van der Waals surface area contributed by atoms with Gasteiger partial charge in [0.25, 0.3) is 0 Å². The largest absolute Gasteiger partial charge is 0.312 e. The van der Waals surface area contributed by atoms with Crippen LogP contribution in [0.15, 0.2) is 0 Å². The van der Waals surface area contributed by atoms with Gasteiger partial charge in [-0.1, -0.05) is 13.8 Å². The molecule has 1 unspecified atom stereocenters. The van der Waals surface area contributed by atoms with Gasteiger partial charge >= 0.3 is 0 Å². The first kappa shape index (κ1) is 20.2. The molecule has 1 atom stereocenters. The summed E-state index contributed by atoms with van der Waals surface area (Å²) >= 11 is 0. The number of hydrogen-bond donors (Lipinski definition) is 2. The van der Waals surface area contributed by atoms with Gasteiger partial charge in [0, 0.05) is 12.6 Å². The smallest absolute Gasteiger partial charge is 0.214 e. The summed E-state index contributed by atoms with van der Waals surface area (Å²) in [6.45, 7) is 5.58. The fraction of sp³-hybridized carbons (Fsp3) is 1.00. The van der Waals surface area contributed by atoms with Crippen LogP contribution < -0.4 is 10.0 Å². The summed E-state index contributed by atoms with van der Waals surface area (Å²) in [5.74, 6) is -0.0442. The van der Waals surface area contributed by atoms with Crippen LogP contribution in [0.2, 0.25) is 0 Å². The number of piperidine rings is 1. The zero-order valence-electron chi connectivity index (χ0n) is 13.2. The monoisotopic (exact) mass is 374 g/mol. The Morgan fingerprint density at radius 2 is 1.82 bits per heavy atom. The third-order valence-corrected chi connectivity index (χ3v) is 8.39. The fourth-order valence-electron chi connectivity index (χ4n) is 3.12. The van der Waals surface area contributed by atoms with E-state index in [9.17, 15) is 16.8 Å². The van der Waals surface area contributed by atoms with Gasteiger partial charge in [-0.2, -0.15) is 0 Å². The molecule has 2 saturated heterocycles. The molecule has 0 radical (unpaired) electrons. The molecule has 0 amide bonds. The van der Waals surface area contributed by atoms with Gasteiger partial charge in [0.1, 0.15) is 9.84 Å². The highest BCUT2D eigenvalue weighted by Gasteiger charge is 2.36. The molecule has 2 aliphatic rings. The predicted octanol–water partition coefficient (Wildman–Crippen LogP) is 0.683. The van der Waals surface area contributed by atoms with Crippen molar-refractivity contribution in [2.24, 2.45) is 5.41 Å². The quantitative estimate of drug-likeness (QED) is 0.755. The molecule has 0 aromatic rings. The van der Waals surface area contributed by atoms with Gasteiger partial charge in [0.2, 0.25) is 10.0 Å². The molecule has 2 rings (SSSR count). The minimum Gasteiger partial charge on any atom is -0.312 e. The average molecular weight is 375 g/mol. The van der Waals surface area contributed by atoms with Gasteiger partial charge < -0.3 is 5.32 Å². The molecule has 2 fully saturated rings. The van der Waals surface area contributed by atoms with Gasteiger partial charge in [-0.3, -0.25) is 0 Å². The highest BCUT2D eigenvalue weighted by molar-refractivity contribution is 7.92. The van der Waals surface area contributed by atoms with Crippen molar-refractivity contribution in [2.75, 3.05) is 24.6 Å². The summed E-state index contributed by atoms with van der Waals surface area (Å²) in [4.78, 5) is 0. The molecule has 2 aliphatic heterocycles. The Morgan fingerprint density at radius 3 is 2.36 bits per heavy atom. The second-order valence-electron chi connectivity index (χ2n) is 6.84. The summed E-state index contributed by atoms with van der Waals surface area (Å²) in [6, 6.07) is 0.119. The summed E-state index contributed by atoms with van der Waals surface area (Å²) in [5, 5.41) is 2.80. The minimum absolute atomic E-state index is 0. The lowest BCUT2D eigenvalue weighted by Gasteiger charge is -2.39. The van der Waals surface area contributed by atoms with Crippen LogP contribution in [0.1, 0.15) is 39.5 Å². The van der Waals surface area contributed by atoms with Crippen molar-refractivity contribution in [1.82, 2.24) is 10.0 Å². The van der Waals surface area contributed by atoms with Crippen molar-refractivity contribution >= 4 is 32.3 Å². The van der Waals surface area contributed by atoms with Gasteiger partial charge in [0.05, 0.1) is 16.8 Å². The molecular formula is C13H27ClN2O4S2. The lowest BCUT2D eigenvalue weighted by molar-refractivity contribution is 0.181. The van der Waals surface area contributed by atoms with Gasteiger partial charge in [-0.25, -0.2) is 21.6 Å². The topological polar surface area (TPSA) is 92.3 Å². The van der Waals surface area contributed by atoms with Crippen molar-refractivity contribution in [3.05, 3.63) is 0 Å². The minimum atomic E-state index is -3.44. The number of halogens is 1. The van der Waals surface area contributed by atoms with Crippen molar-refractivity contribution in [3.8, 4) is 0 Å². The van der Waals surface area contributed by atoms with Crippen LogP contribution in [0.3, 0.4) is 0 Å². The number of sulfonamides is 1. The van der Waals surface area contributed by atoms with Crippen molar-refractivity contribution < 1.29 is 16.8 Å². The molecule has 0 bridgehead atoms. The number of nitrogens with one attached hydrogen (secondary N) is 2. The maximum atomic E-state index is 12.3. The van der Waals surface area contributed by atoms with Crippen LogP contribution in [-0.4, -0.2) is 52.7 Å². The number of hydrogen-bond acceptors (Lipinski definition) is 5. The zero-order chi connectivity index (χ0) is 15.7. The molecule has 9 heteroatoms. The number of rotatable bonds is 4. The van der Waals surface area contributed by atoms with Crippen LogP contribution in [0.25, 0.3) is 0 Å². The molecule has 0 spiro atoms. The van der Waals surface area contributed by atoms with E-state index in [1.165, 1.54) is 0 Å². The SMILES string of the molecule is CC1(C)CCCNC1CNS(=O)(=O)C1CCS(=O)(=O)CC1.Cl. The van der Waals surface area contributed by atoms with Crippen LogP contribution in [0.5, 0.6) is 0 Å². The second-order valence-corrected chi connectivity index (χ2v) is 11.2. The van der Waals surface area contributed by atoms with E-state index < -0.39 is 25.1 Å². The molecule has 2 N–H and O–H groups in total. The van der Waals surface area contributed by atoms with E-state index in [1.807, 2.05) is 0 Å². The molecule has 0 aromatic carbocycles. The standard InChI is InChI=1S/C13H26N2O4S2.ClH/c1-13(2)6-3-7-14-12(13)10-15-21(18,19)11-4-8-20(16,17)9-5-11;/h11-12,14-15H,3-10H2,1-2H3;1H. The summed E-state index contributed by atoms with van der Waals surface area (Å²) in [5.41, 5.74) is 0.0661. The molecule has 0 aromatic heterocycles. The first-order valence-corrected chi connectivity index (χ1v) is 10.9. The fourth-order valence-corrected chi connectivity index (χ4v) is 6.40. The Labute approximate surface area is 140 Å². The van der Waals surface area contributed by atoms with Gasteiger partial charge in [-0.15, -0.1) is 12.4 Å². The Kier molecular flexibility index (Phi) is 6.72. The van der Waals surface area contributed by atoms with E-state index in [-0.39, 0.29) is 48.2 Å². The Hall–Kier alpha value is 0.110. The molecule has 2 heterocycles. The highest BCUT2D eigenvalue weighted by atomic mass is 35.5. The van der Waals surface area contributed by atoms with Crippen LogP contribution in [0.4, 0.5) is 0 Å². The van der Waals surface area contributed by atoms with E-state index in [1.54, 1.807) is 0 Å². The highest BCUT2D eigenvalue weighted by Crippen LogP contribution is 2.30. The van der Waals surface area contributed by atoms with Crippen LogP contribution in [-0.2, 0) is 19.9 Å². The van der Waals surface area contributed by atoms with Crippen molar-refractivity contribution in [3.63, 3.8) is 0 Å². The molecule has 6 nitrogen and oxygen atoms in total. The molecule has 132 valence electrons. The third-order valence-electron chi connectivity index (χ3n) is 4.76. The lowest BCUT2D eigenvalue weighted by atomic mass is 9.78. The maximum Gasteiger partial charge on any atom is 0.214 e. The van der Waals surface area contributed by atoms with Crippen LogP contribution >= 0.6 is 12.4 Å². The normalized spacial score (nSPS) is 28.7. The second kappa shape index (κ2) is 7.34. The predicted molar refractivity (Wildman–Crippen MR) is 90.7 cm³/mol. The molecule has 22 heavy (non-hydrogen) atoms. The average Bonchev–Trinajstić information content (AvgIpc) is 2.36. The van der Waals surface area contributed by atoms with Gasteiger partial charge in [-0.05, 0) is 37.6 Å². The van der Waals surface area contributed by atoms with Gasteiger partial charge in [0.15, 0.2) is 0 Å². The van der Waals surface area contributed by atoms with E-state index in [0.29, 0.717) is 6.54 Å². The lowest BCUT2D eigenvalue weighted by Crippen LogP contribution is -2.54. The third kappa shape index (κ3) is 5.06. The van der Waals surface area contributed by atoms with E-state index in [4.69, 9.17) is 0 Å². The van der Waals surface area contributed by atoms with Crippen molar-refractivity contribution in [1.29, 1.82) is 0 Å². The summed E-state index contributed by atoms with van der Waals surface area (Å²) in [6.07, 6.45) is 2.60. The maximum absolute atomic E-state index is 12.3. The molecule has 0 aliphatic carbocycles. The Morgan fingerprint density at radius 1 is 1.23 bits per heavy atom. The first-order chi connectivity index (χ1) is 9.62. The molecule has 0 saturated carbocycles. The van der Waals surface area contributed by atoms with Crippen LogP contribution in [0, 0.1) is 5.41 Å². The Bertz CT molecular complexity index is 561. The summed E-state index contributed by atoms with van der Waals surface area (Å²) < 4.78 is 50.1. The summed E-state index contributed by atoms with van der Waals surface area (Å²) in [7, 11) is -6.47. The first-order valence-electron chi connectivity index (χ1n) is 7.55. The zero-order valence-corrected chi connectivity index (χ0v) is 15.6. The van der Waals surface area contributed by atoms with E-state index >= 15 is 0 Å². The van der Waals surface area contributed by atoms with E-state index in [2.05, 4.69) is 23.9 Å².